The van der Waals surface area contributed by atoms with Gasteiger partial charge in [-0.05, 0) is 13.8 Å². The van der Waals surface area contributed by atoms with Crippen molar-refractivity contribution in [3.63, 3.8) is 0 Å². The average molecular weight is 228 g/mol. The number of ether oxygens (including phenoxy) is 3. The number of rotatable bonds is 7. The van der Waals surface area contributed by atoms with E-state index >= 15 is 0 Å². The van der Waals surface area contributed by atoms with Crippen LogP contribution in [0, 0.1) is 0 Å². The third-order valence-corrected chi connectivity index (χ3v) is 1.45. The van der Waals surface area contributed by atoms with Crippen molar-refractivity contribution in [3.05, 3.63) is 24.9 Å². The lowest BCUT2D eigenvalue weighted by Crippen LogP contribution is -2.22. The lowest BCUT2D eigenvalue weighted by molar-refractivity contribution is -0.155. The minimum Gasteiger partial charge on any atom is -0.489 e. The van der Waals surface area contributed by atoms with Crippen molar-refractivity contribution in [2.45, 2.75) is 26.9 Å². The van der Waals surface area contributed by atoms with Gasteiger partial charge in [0, 0.05) is 6.92 Å². The molecule has 0 aliphatic rings. The van der Waals surface area contributed by atoms with Crippen LogP contribution in [0.1, 0.15) is 20.8 Å². The second-order valence-corrected chi connectivity index (χ2v) is 3.11. The number of carbonyl (C=O) groups excluding carboxylic acids is 2. The lowest BCUT2D eigenvalue weighted by Gasteiger charge is -2.14. The molecular formula is C11H16O5. The third kappa shape index (κ3) is 6.64. The summed E-state index contributed by atoms with van der Waals surface area (Å²) in [5, 5.41) is 0. The Hall–Kier alpha value is -1.78. The van der Waals surface area contributed by atoms with Gasteiger partial charge in [-0.2, -0.15) is 0 Å². The Morgan fingerprint density at radius 1 is 1.38 bits per heavy atom. The van der Waals surface area contributed by atoms with E-state index in [1.807, 2.05) is 0 Å². The smallest absolute Gasteiger partial charge is 0.374 e. The maximum absolute atomic E-state index is 10.8. The standard InChI is InChI=1S/C11H16O5/c1-5-14-6-8(2)16-9(3)7-15-11(13)10(4)12/h5-6,9H,1,7H2,2-4H3. The summed E-state index contributed by atoms with van der Waals surface area (Å²) in [5.74, 6) is -0.972. The van der Waals surface area contributed by atoms with Gasteiger partial charge in [-0.15, -0.1) is 0 Å². The molecule has 0 aromatic heterocycles. The normalized spacial score (nSPS) is 12.6. The first-order chi connectivity index (χ1) is 7.47. The zero-order chi connectivity index (χ0) is 12.6. The van der Waals surface area contributed by atoms with Crippen LogP contribution in [0.15, 0.2) is 24.9 Å². The van der Waals surface area contributed by atoms with Gasteiger partial charge in [-0.1, -0.05) is 6.58 Å². The van der Waals surface area contributed by atoms with Gasteiger partial charge in [-0.3, -0.25) is 4.79 Å². The number of hydrogen-bond donors (Lipinski definition) is 0. The highest BCUT2D eigenvalue weighted by molar-refractivity contribution is 6.32. The molecule has 5 heteroatoms. The summed E-state index contributed by atoms with van der Waals surface area (Å²) in [6.45, 7) is 7.92. The third-order valence-electron chi connectivity index (χ3n) is 1.45. The Balaban J connectivity index is 3.90. The van der Waals surface area contributed by atoms with Gasteiger partial charge in [0.25, 0.3) is 0 Å². The predicted octanol–water partition coefficient (Wildman–Crippen LogP) is 1.55. The highest BCUT2D eigenvalue weighted by Crippen LogP contribution is 2.03. The van der Waals surface area contributed by atoms with Gasteiger partial charge in [-0.25, -0.2) is 4.79 Å². The van der Waals surface area contributed by atoms with Gasteiger partial charge in [0.15, 0.2) is 0 Å². The highest BCUT2D eigenvalue weighted by Gasteiger charge is 2.12. The molecule has 16 heavy (non-hydrogen) atoms. The quantitative estimate of drug-likeness (QED) is 0.376. The van der Waals surface area contributed by atoms with Crippen LogP contribution < -0.4 is 0 Å². The largest absolute Gasteiger partial charge is 0.489 e. The number of carbonyl (C=O) groups is 2. The first kappa shape index (κ1) is 14.2. The van der Waals surface area contributed by atoms with E-state index in [0.29, 0.717) is 5.76 Å². The molecular weight excluding hydrogens is 212 g/mol. The number of allylic oxidation sites excluding steroid dienone is 1. The van der Waals surface area contributed by atoms with E-state index in [4.69, 9.17) is 9.47 Å². The van der Waals surface area contributed by atoms with Crippen molar-refractivity contribution in [2.24, 2.45) is 0 Å². The highest BCUT2D eigenvalue weighted by atomic mass is 16.6. The van der Waals surface area contributed by atoms with Crippen LogP contribution in [0.25, 0.3) is 0 Å². The summed E-state index contributed by atoms with van der Waals surface area (Å²) < 4.78 is 14.7. The van der Waals surface area contributed by atoms with Crippen molar-refractivity contribution in [1.29, 1.82) is 0 Å². The van der Waals surface area contributed by atoms with E-state index in [1.165, 1.54) is 12.5 Å². The van der Waals surface area contributed by atoms with Gasteiger partial charge in [0.05, 0.1) is 6.26 Å². The second-order valence-electron chi connectivity index (χ2n) is 3.11. The van der Waals surface area contributed by atoms with Crippen LogP contribution in [0.5, 0.6) is 0 Å². The molecule has 0 N–H and O–H groups in total. The molecule has 0 rings (SSSR count). The molecule has 0 saturated carbocycles. The number of ketones is 1. The topological polar surface area (TPSA) is 61.8 Å². The molecule has 90 valence electrons. The van der Waals surface area contributed by atoms with Crippen molar-refractivity contribution >= 4 is 11.8 Å². The van der Waals surface area contributed by atoms with Crippen molar-refractivity contribution < 1.29 is 23.8 Å². The minimum absolute atomic E-state index is 0.0116. The number of esters is 1. The van der Waals surface area contributed by atoms with Crippen LogP contribution in [0.2, 0.25) is 0 Å². The van der Waals surface area contributed by atoms with E-state index in [9.17, 15) is 9.59 Å². The molecule has 0 aromatic carbocycles. The Labute approximate surface area is 94.7 Å². The predicted molar refractivity (Wildman–Crippen MR) is 57.2 cm³/mol. The number of Topliss-reactive ketones (excluding diaryl/α,β-unsaturated/α-hetero) is 1. The van der Waals surface area contributed by atoms with Crippen LogP contribution in [-0.4, -0.2) is 24.5 Å². The summed E-state index contributed by atoms with van der Waals surface area (Å²) in [6, 6.07) is 0. The fourth-order valence-electron chi connectivity index (χ4n) is 0.818. The molecule has 0 bridgehead atoms. The van der Waals surface area contributed by atoms with Crippen molar-refractivity contribution in [2.75, 3.05) is 6.61 Å². The van der Waals surface area contributed by atoms with Crippen LogP contribution in [0.3, 0.4) is 0 Å². The van der Waals surface area contributed by atoms with Crippen LogP contribution in [0.4, 0.5) is 0 Å². The molecule has 1 unspecified atom stereocenters. The summed E-state index contributed by atoms with van der Waals surface area (Å²) in [5.41, 5.74) is 0. The molecule has 5 nitrogen and oxygen atoms in total. The van der Waals surface area contributed by atoms with Gasteiger partial charge in [0.2, 0.25) is 5.78 Å². The SMILES string of the molecule is C=COC=C(C)OC(C)COC(=O)C(C)=O. The Kier molecular flexibility index (Phi) is 6.67. The summed E-state index contributed by atoms with van der Waals surface area (Å²) in [7, 11) is 0. The van der Waals surface area contributed by atoms with E-state index in [0.717, 1.165) is 6.92 Å². The summed E-state index contributed by atoms with van der Waals surface area (Å²) in [6.07, 6.45) is 2.27. The van der Waals surface area contributed by atoms with Crippen molar-refractivity contribution in [1.82, 2.24) is 0 Å². The molecule has 0 aliphatic heterocycles. The molecule has 0 aromatic rings. The number of hydrogen-bond acceptors (Lipinski definition) is 5. The molecule has 0 amide bonds. The van der Waals surface area contributed by atoms with Crippen LogP contribution in [-0.2, 0) is 23.8 Å². The first-order valence-corrected chi connectivity index (χ1v) is 4.74. The minimum atomic E-state index is -0.862. The zero-order valence-corrected chi connectivity index (χ0v) is 9.69. The Morgan fingerprint density at radius 3 is 2.50 bits per heavy atom. The fourth-order valence-corrected chi connectivity index (χ4v) is 0.818. The Bertz CT molecular complexity index is 293. The molecule has 0 aliphatic carbocycles. The van der Waals surface area contributed by atoms with Gasteiger partial charge >= 0.3 is 5.97 Å². The van der Waals surface area contributed by atoms with E-state index in [1.54, 1.807) is 13.8 Å². The van der Waals surface area contributed by atoms with Gasteiger partial charge in [0.1, 0.15) is 24.7 Å². The molecule has 1 atom stereocenters. The van der Waals surface area contributed by atoms with E-state index < -0.39 is 11.8 Å². The lowest BCUT2D eigenvalue weighted by atomic mass is 10.4. The van der Waals surface area contributed by atoms with Crippen LogP contribution >= 0.6 is 0 Å². The van der Waals surface area contributed by atoms with Gasteiger partial charge < -0.3 is 14.2 Å². The van der Waals surface area contributed by atoms with E-state index in [2.05, 4.69) is 11.3 Å². The monoisotopic (exact) mass is 228 g/mol. The first-order valence-electron chi connectivity index (χ1n) is 4.74. The molecule has 0 saturated heterocycles. The summed E-state index contributed by atoms with van der Waals surface area (Å²) in [4.78, 5) is 21.4. The average Bonchev–Trinajstić information content (AvgIpc) is 2.22. The molecule has 0 fully saturated rings. The van der Waals surface area contributed by atoms with Crippen molar-refractivity contribution in [3.8, 4) is 0 Å². The summed E-state index contributed by atoms with van der Waals surface area (Å²) >= 11 is 0. The maximum Gasteiger partial charge on any atom is 0.374 e. The molecule has 0 radical (unpaired) electrons. The maximum atomic E-state index is 10.8. The fraction of sp³-hybridized carbons (Fsp3) is 0.455. The zero-order valence-electron chi connectivity index (χ0n) is 9.69. The second kappa shape index (κ2) is 7.50. The molecule has 0 heterocycles. The molecule has 0 spiro atoms. The van der Waals surface area contributed by atoms with E-state index in [-0.39, 0.29) is 12.7 Å². The Morgan fingerprint density at radius 2 is 2.00 bits per heavy atom.